The molecular formula is C16H14N2O2S. The van der Waals surface area contributed by atoms with Crippen LogP contribution in [0.3, 0.4) is 0 Å². The molecule has 4 nitrogen and oxygen atoms in total. The second kappa shape index (κ2) is 6.25. The zero-order valence-corrected chi connectivity index (χ0v) is 12.5. The third-order valence-corrected chi connectivity index (χ3v) is 3.97. The van der Waals surface area contributed by atoms with E-state index in [4.69, 9.17) is 10.4 Å². The van der Waals surface area contributed by atoms with Gasteiger partial charge in [-0.3, -0.25) is 0 Å². The van der Waals surface area contributed by atoms with E-state index in [1.807, 2.05) is 55.4 Å². The maximum atomic E-state index is 10.9. The fraction of sp³-hybridized carbons (Fsp3) is 0.125. The Morgan fingerprint density at radius 3 is 2.43 bits per heavy atom. The van der Waals surface area contributed by atoms with Gasteiger partial charge >= 0.3 is 5.97 Å². The smallest absolute Gasteiger partial charge is 0.347 e. The summed E-state index contributed by atoms with van der Waals surface area (Å²) in [4.78, 5) is 13.0. The highest BCUT2D eigenvalue weighted by Gasteiger charge is 2.07. The first-order valence-corrected chi connectivity index (χ1v) is 7.05. The van der Waals surface area contributed by atoms with Crippen LogP contribution < -0.4 is 14.0 Å². The lowest BCUT2D eigenvalue weighted by Crippen LogP contribution is -2.08. The van der Waals surface area contributed by atoms with Gasteiger partial charge in [0.05, 0.1) is 4.53 Å². The van der Waals surface area contributed by atoms with Crippen molar-refractivity contribution in [2.24, 2.45) is 0 Å². The molecule has 0 aliphatic heterocycles. The number of rotatable bonds is 3. The molecule has 0 aliphatic carbocycles. The topological polar surface area (TPSA) is 64.3 Å². The Hall–Kier alpha value is -2.58. The lowest BCUT2D eigenvalue weighted by atomic mass is 10.2. The van der Waals surface area contributed by atoms with Crippen molar-refractivity contribution in [2.75, 3.05) is 19.0 Å². The number of nitriles is 1. The van der Waals surface area contributed by atoms with Gasteiger partial charge in [0.2, 0.25) is 0 Å². The highest BCUT2D eigenvalue weighted by Crippen LogP contribution is 2.12. The molecule has 5 heteroatoms. The van der Waals surface area contributed by atoms with Crippen LogP contribution in [0.25, 0.3) is 11.6 Å². The van der Waals surface area contributed by atoms with E-state index >= 15 is 0 Å². The average molecular weight is 298 g/mol. The average Bonchev–Trinajstić information content (AvgIpc) is 2.88. The van der Waals surface area contributed by atoms with E-state index in [1.165, 1.54) is 11.3 Å². The molecule has 0 radical (unpaired) electrons. The summed E-state index contributed by atoms with van der Waals surface area (Å²) in [5.74, 6) is -1.19. The van der Waals surface area contributed by atoms with Crippen molar-refractivity contribution >= 4 is 34.6 Å². The summed E-state index contributed by atoms with van der Waals surface area (Å²) in [6, 6.07) is 13.2. The summed E-state index contributed by atoms with van der Waals surface area (Å²) in [7, 11) is 3.96. The summed E-state index contributed by atoms with van der Waals surface area (Å²) < 4.78 is 1.39. The first-order chi connectivity index (χ1) is 10.0. The molecule has 1 aromatic carbocycles. The number of carboxylic acids is 1. The van der Waals surface area contributed by atoms with Gasteiger partial charge in [-0.2, -0.15) is 5.26 Å². The molecule has 2 rings (SSSR count). The number of hydrogen-bond acceptors (Lipinski definition) is 4. The van der Waals surface area contributed by atoms with Crippen LogP contribution in [0.5, 0.6) is 0 Å². The Balaban J connectivity index is 2.42. The molecule has 0 saturated carbocycles. The molecule has 0 unspecified atom stereocenters. The highest BCUT2D eigenvalue weighted by atomic mass is 32.1. The molecule has 0 atom stereocenters. The van der Waals surface area contributed by atoms with Gasteiger partial charge in [-0.05, 0) is 35.9 Å². The summed E-state index contributed by atoms with van der Waals surface area (Å²) in [6.07, 6.45) is 1.96. The Morgan fingerprint density at radius 1 is 1.24 bits per heavy atom. The van der Waals surface area contributed by atoms with Crippen molar-refractivity contribution < 1.29 is 9.90 Å². The van der Waals surface area contributed by atoms with E-state index in [-0.39, 0.29) is 5.57 Å². The quantitative estimate of drug-likeness (QED) is 0.930. The van der Waals surface area contributed by atoms with E-state index < -0.39 is 5.97 Å². The third kappa shape index (κ3) is 3.50. The Bertz CT molecular complexity index is 811. The molecule has 0 bridgehead atoms. The predicted octanol–water partition coefficient (Wildman–Crippen LogP) is 1.40. The summed E-state index contributed by atoms with van der Waals surface area (Å²) in [5.41, 5.74) is 1.93. The third-order valence-electron chi connectivity index (χ3n) is 2.92. The minimum Gasteiger partial charge on any atom is -0.477 e. The largest absolute Gasteiger partial charge is 0.477 e. The van der Waals surface area contributed by atoms with Crippen molar-refractivity contribution in [3.63, 3.8) is 0 Å². The van der Waals surface area contributed by atoms with Crippen LogP contribution in [0.2, 0.25) is 0 Å². The number of anilines is 1. The standard InChI is InChI=1S/C16H14N2O2S/c1-18(2)12-5-3-11(4-6-12)9-13-7-8-15(21-13)14(10-17)16(19)20/h3-9H,1-2H3,(H,19,20)/b13-9-,15-14-. The maximum absolute atomic E-state index is 10.9. The minimum atomic E-state index is -1.19. The van der Waals surface area contributed by atoms with E-state index in [9.17, 15) is 4.79 Å². The van der Waals surface area contributed by atoms with E-state index in [2.05, 4.69) is 0 Å². The summed E-state index contributed by atoms with van der Waals surface area (Å²) in [6.45, 7) is 0. The molecule has 2 aromatic rings. The van der Waals surface area contributed by atoms with Crippen molar-refractivity contribution in [2.45, 2.75) is 0 Å². The highest BCUT2D eigenvalue weighted by molar-refractivity contribution is 7.08. The number of benzene rings is 1. The molecule has 1 aromatic heterocycles. The minimum absolute atomic E-state index is 0.220. The molecular weight excluding hydrogens is 284 g/mol. The van der Waals surface area contributed by atoms with Gasteiger partial charge in [-0.25, -0.2) is 4.79 Å². The molecule has 0 spiro atoms. The number of aliphatic carboxylic acids is 1. The van der Waals surface area contributed by atoms with E-state index in [0.29, 0.717) is 4.53 Å². The molecule has 106 valence electrons. The SMILES string of the molecule is CN(C)c1ccc(/C=c2/cc/c(=C(\C#N)C(=O)O)s2)cc1. The van der Waals surface area contributed by atoms with Crippen LogP contribution in [0.1, 0.15) is 5.56 Å². The number of hydrogen-bond donors (Lipinski definition) is 1. The van der Waals surface area contributed by atoms with Crippen molar-refractivity contribution in [3.05, 3.63) is 51.0 Å². The second-order valence-electron chi connectivity index (χ2n) is 4.62. The second-order valence-corrected chi connectivity index (χ2v) is 5.74. The zero-order valence-electron chi connectivity index (χ0n) is 11.7. The van der Waals surface area contributed by atoms with Gasteiger partial charge in [-0.1, -0.05) is 12.1 Å². The van der Waals surface area contributed by atoms with Gasteiger partial charge < -0.3 is 10.0 Å². The molecule has 1 N–H and O–H groups in total. The van der Waals surface area contributed by atoms with E-state index in [1.54, 1.807) is 12.1 Å². The van der Waals surface area contributed by atoms with Crippen molar-refractivity contribution in [3.8, 4) is 6.07 Å². The van der Waals surface area contributed by atoms with E-state index in [0.717, 1.165) is 15.8 Å². The molecule has 0 aliphatic rings. The number of carboxylic acid groups (broad SMARTS) is 1. The van der Waals surface area contributed by atoms with Crippen LogP contribution >= 0.6 is 11.3 Å². The van der Waals surface area contributed by atoms with Crippen LogP contribution in [-0.4, -0.2) is 25.2 Å². The Labute approximate surface area is 126 Å². The zero-order chi connectivity index (χ0) is 15.4. The molecule has 0 fully saturated rings. The van der Waals surface area contributed by atoms with Crippen LogP contribution in [0, 0.1) is 11.3 Å². The predicted molar refractivity (Wildman–Crippen MR) is 84.6 cm³/mol. The summed E-state index contributed by atoms with van der Waals surface area (Å²) >= 11 is 1.29. The van der Waals surface area contributed by atoms with Gasteiger partial charge in [0, 0.05) is 24.3 Å². The van der Waals surface area contributed by atoms with Gasteiger partial charge in [-0.15, -0.1) is 11.3 Å². The van der Waals surface area contributed by atoms with Crippen LogP contribution in [0.15, 0.2) is 36.4 Å². The number of carbonyl (C=O) groups is 1. The normalized spacial score (nSPS) is 12.7. The first-order valence-electron chi connectivity index (χ1n) is 6.24. The van der Waals surface area contributed by atoms with Crippen molar-refractivity contribution in [1.29, 1.82) is 5.26 Å². The number of nitrogens with zero attached hydrogens (tertiary/aromatic N) is 2. The monoisotopic (exact) mass is 298 g/mol. The molecule has 0 amide bonds. The Morgan fingerprint density at radius 2 is 1.90 bits per heavy atom. The number of thiophene rings is 1. The first kappa shape index (κ1) is 14.8. The molecule has 21 heavy (non-hydrogen) atoms. The van der Waals surface area contributed by atoms with Crippen LogP contribution in [0.4, 0.5) is 5.69 Å². The van der Waals surface area contributed by atoms with Crippen molar-refractivity contribution in [1.82, 2.24) is 0 Å². The fourth-order valence-electron chi connectivity index (χ4n) is 1.81. The Kier molecular flexibility index (Phi) is 4.41. The van der Waals surface area contributed by atoms with Gasteiger partial charge in [0.1, 0.15) is 6.07 Å². The van der Waals surface area contributed by atoms with Gasteiger partial charge in [0.15, 0.2) is 5.57 Å². The molecule has 0 saturated heterocycles. The fourth-order valence-corrected chi connectivity index (χ4v) is 2.76. The van der Waals surface area contributed by atoms with Crippen LogP contribution in [-0.2, 0) is 4.79 Å². The molecule has 1 heterocycles. The lowest BCUT2D eigenvalue weighted by Gasteiger charge is -2.11. The maximum Gasteiger partial charge on any atom is 0.347 e. The lowest BCUT2D eigenvalue weighted by molar-refractivity contribution is -0.130. The van der Waals surface area contributed by atoms with Gasteiger partial charge in [0.25, 0.3) is 0 Å². The summed E-state index contributed by atoms with van der Waals surface area (Å²) in [5, 5.41) is 17.8.